The van der Waals surface area contributed by atoms with Crippen molar-refractivity contribution in [2.75, 3.05) is 0 Å². The van der Waals surface area contributed by atoms with Crippen molar-refractivity contribution in [3.63, 3.8) is 0 Å². The third-order valence-corrected chi connectivity index (χ3v) is 3.00. The second-order valence-electron chi connectivity index (χ2n) is 4.22. The molecule has 2 rings (SSSR count). The fourth-order valence-electron chi connectivity index (χ4n) is 1.99. The van der Waals surface area contributed by atoms with E-state index >= 15 is 0 Å². The zero-order valence-corrected chi connectivity index (χ0v) is 9.29. The Morgan fingerprint density at radius 2 is 2.13 bits per heavy atom. The molecule has 15 heavy (non-hydrogen) atoms. The number of aryl methyl sites for hydroxylation is 1. The Hall–Kier alpha value is -1.02. The Bertz CT molecular complexity index is 376. The molecule has 0 bridgehead atoms. The zero-order valence-electron chi connectivity index (χ0n) is 8.53. The summed E-state index contributed by atoms with van der Waals surface area (Å²) in [6, 6.07) is 5.53. The molecule has 80 valence electrons. The minimum absolute atomic E-state index is 0.306. The van der Waals surface area contributed by atoms with E-state index in [1.54, 1.807) is 6.07 Å². The second-order valence-corrected chi connectivity index (χ2v) is 4.65. The van der Waals surface area contributed by atoms with E-state index in [-0.39, 0.29) is 5.92 Å². The summed E-state index contributed by atoms with van der Waals surface area (Å²) < 4.78 is 0. The first-order valence-electron chi connectivity index (χ1n) is 5.08. The van der Waals surface area contributed by atoms with Crippen LogP contribution in [0.3, 0.4) is 0 Å². The molecule has 1 atom stereocenters. The van der Waals surface area contributed by atoms with E-state index in [0.29, 0.717) is 10.9 Å². The molecule has 0 saturated heterocycles. The lowest BCUT2D eigenvalue weighted by atomic mass is 9.93. The number of hydrogen-bond donors (Lipinski definition) is 1. The van der Waals surface area contributed by atoms with Crippen molar-refractivity contribution in [3.8, 4) is 0 Å². The Kier molecular flexibility index (Phi) is 2.70. The van der Waals surface area contributed by atoms with Crippen LogP contribution in [0.15, 0.2) is 18.2 Å². The van der Waals surface area contributed by atoms with Gasteiger partial charge in [-0.1, -0.05) is 17.7 Å². The molecule has 1 aliphatic rings. The van der Waals surface area contributed by atoms with E-state index in [9.17, 15) is 9.90 Å². The van der Waals surface area contributed by atoms with Crippen molar-refractivity contribution in [2.24, 2.45) is 5.92 Å². The van der Waals surface area contributed by atoms with Gasteiger partial charge in [-0.25, -0.2) is 0 Å². The largest absolute Gasteiger partial charge is 0.481 e. The van der Waals surface area contributed by atoms with Gasteiger partial charge in [0.1, 0.15) is 0 Å². The van der Waals surface area contributed by atoms with Gasteiger partial charge in [-0.05, 0) is 48.9 Å². The fourth-order valence-corrected chi connectivity index (χ4v) is 2.29. The first-order chi connectivity index (χ1) is 7.08. The number of benzene rings is 1. The van der Waals surface area contributed by atoms with Crippen molar-refractivity contribution >= 4 is 17.6 Å². The normalized spacial score (nSPS) is 17.5. The highest BCUT2D eigenvalue weighted by atomic mass is 35.5. The average molecular weight is 225 g/mol. The highest BCUT2D eigenvalue weighted by molar-refractivity contribution is 6.30. The van der Waals surface area contributed by atoms with Gasteiger partial charge in [0.25, 0.3) is 0 Å². The van der Waals surface area contributed by atoms with Gasteiger partial charge < -0.3 is 5.11 Å². The summed E-state index contributed by atoms with van der Waals surface area (Å²) in [4.78, 5) is 11.2. The van der Waals surface area contributed by atoms with Crippen molar-refractivity contribution in [1.82, 2.24) is 0 Å². The number of halogens is 1. The number of rotatable bonds is 3. The van der Waals surface area contributed by atoms with Gasteiger partial charge >= 0.3 is 5.97 Å². The van der Waals surface area contributed by atoms with Gasteiger partial charge in [0.05, 0.1) is 5.92 Å². The minimum atomic E-state index is -0.737. The van der Waals surface area contributed by atoms with E-state index in [1.807, 2.05) is 19.1 Å². The van der Waals surface area contributed by atoms with E-state index in [0.717, 1.165) is 24.0 Å². The summed E-state index contributed by atoms with van der Waals surface area (Å²) in [6.07, 6.45) is 2.03. The molecule has 0 heterocycles. The minimum Gasteiger partial charge on any atom is -0.481 e. The third kappa shape index (κ3) is 2.32. The molecule has 1 N–H and O–H groups in total. The molecule has 2 nitrogen and oxygen atoms in total. The van der Waals surface area contributed by atoms with Crippen molar-refractivity contribution in [3.05, 3.63) is 34.3 Å². The first-order valence-corrected chi connectivity index (χ1v) is 5.45. The molecule has 1 aromatic rings. The number of aliphatic carboxylic acids is 1. The van der Waals surface area contributed by atoms with Crippen molar-refractivity contribution < 1.29 is 9.90 Å². The molecule has 1 aliphatic carbocycles. The maximum absolute atomic E-state index is 11.2. The van der Waals surface area contributed by atoms with Crippen molar-refractivity contribution in [2.45, 2.75) is 25.7 Å². The maximum atomic E-state index is 11.2. The van der Waals surface area contributed by atoms with Gasteiger partial charge in [0.15, 0.2) is 0 Å². The molecule has 3 heteroatoms. The molecule has 1 saturated carbocycles. The Morgan fingerprint density at radius 3 is 2.60 bits per heavy atom. The van der Waals surface area contributed by atoms with Crippen LogP contribution in [0.25, 0.3) is 0 Å². The van der Waals surface area contributed by atoms with Crippen LogP contribution in [-0.4, -0.2) is 11.1 Å². The fraction of sp³-hybridized carbons (Fsp3) is 0.417. The van der Waals surface area contributed by atoms with Gasteiger partial charge in [-0.2, -0.15) is 0 Å². The molecule has 0 aromatic heterocycles. The van der Waals surface area contributed by atoms with Gasteiger partial charge in [0, 0.05) is 5.02 Å². The standard InChI is InChI=1S/C12H13ClO2/c1-7-4-9(6-10(13)5-7)11(12(14)15)8-2-3-8/h4-6,8,11H,2-3H2,1H3,(H,14,15). The maximum Gasteiger partial charge on any atom is 0.311 e. The topological polar surface area (TPSA) is 37.3 Å². The third-order valence-electron chi connectivity index (χ3n) is 2.78. The van der Waals surface area contributed by atoms with Gasteiger partial charge in [0.2, 0.25) is 0 Å². The Morgan fingerprint density at radius 1 is 1.47 bits per heavy atom. The SMILES string of the molecule is Cc1cc(Cl)cc(C(C(=O)O)C2CC2)c1. The predicted molar refractivity (Wildman–Crippen MR) is 59.3 cm³/mol. The summed E-state index contributed by atoms with van der Waals surface area (Å²) in [6.45, 7) is 1.93. The predicted octanol–water partition coefficient (Wildman–Crippen LogP) is 3.23. The number of carboxylic acid groups (broad SMARTS) is 1. The van der Waals surface area contributed by atoms with Crippen LogP contribution in [0.5, 0.6) is 0 Å². The monoisotopic (exact) mass is 224 g/mol. The highest BCUT2D eigenvalue weighted by Gasteiger charge is 2.37. The smallest absolute Gasteiger partial charge is 0.311 e. The summed E-state index contributed by atoms with van der Waals surface area (Å²) in [7, 11) is 0. The number of hydrogen-bond acceptors (Lipinski definition) is 1. The van der Waals surface area contributed by atoms with Gasteiger partial charge in [-0.15, -0.1) is 0 Å². The summed E-state index contributed by atoms with van der Waals surface area (Å²) in [5.41, 5.74) is 1.86. The molecule has 0 radical (unpaired) electrons. The Balaban J connectivity index is 2.36. The number of carbonyl (C=O) groups is 1. The second kappa shape index (κ2) is 3.86. The molecular weight excluding hydrogens is 212 g/mol. The van der Waals surface area contributed by atoms with Crippen molar-refractivity contribution in [1.29, 1.82) is 0 Å². The lowest BCUT2D eigenvalue weighted by Crippen LogP contribution is -2.13. The van der Waals surface area contributed by atoms with Crippen LogP contribution in [0, 0.1) is 12.8 Å². The Labute approximate surface area is 93.9 Å². The molecular formula is C12H13ClO2. The lowest BCUT2D eigenvalue weighted by Gasteiger charge is -2.12. The summed E-state index contributed by atoms with van der Waals surface area (Å²) in [5.74, 6) is -0.804. The van der Waals surface area contributed by atoms with Crippen LogP contribution in [0.1, 0.15) is 29.9 Å². The molecule has 1 fully saturated rings. The molecule has 1 aromatic carbocycles. The van der Waals surface area contributed by atoms with E-state index in [2.05, 4.69) is 0 Å². The first kappa shape index (κ1) is 10.5. The van der Waals surface area contributed by atoms with E-state index in [4.69, 9.17) is 11.6 Å². The van der Waals surface area contributed by atoms with Crippen LogP contribution >= 0.6 is 11.6 Å². The quantitative estimate of drug-likeness (QED) is 0.856. The van der Waals surface area contributed by atoms with Crippen LogP contribution in [-0.2, 0) is 4.79 Å². The molecule has 1 unspecified atom stereocenters. The van der Waals surface area contributed by atoms with Crippen LogP contribution < -0.4 is 0 Å². The molecule has 0 aliphatic heterocycles. The van der Waals surface area contributed by atoms with Gasteiger partial charge in [-0.3, -0.25) is 4.79 Å². The lowest BCUT2D eigenvalue weighted by molar-refractivity contribution is -0.139. The average Bonchev–Trinajstić information content (AvgIpc) is 2.85. The van der Waals surface area contributed by atoms with E-state index in [1.165, 1.54) is 0 Å². The van der Waals surface area contributed by atoms with E-state index < -0.39 is 5.97 Å². The molecule has 0 amide bonds. The summed E-state index contributed by atoms with van der Waals surface area (Å²) in [5, 5.41) is 9.80. The highest BCUT2D eigenvalue weighted by Crippen LogP contribution is 2.43. The van der Waals surface area contributed by atoms with Crippen LogP contribution in [0.2, 0.25) is 5.02 Å². The van der Waals surface area contributed by atoms with Crippen LogP contribution in [0.4, 0.5) is 0 Å². The summed E-state index contributed by atoms with van der Waals surface area (Å²) >= 11 is 5.93. The zero-order chi connectivity index (χ0) is 11.0. The molecule has 0 spiro atoms. The number of carboxylic acids is 1.